The van der Waals surface area contributed by atoms with Gasteiger partial charge in [0.05, 0.1) is 18.5 Å². The summed E-state index contributed by atoms with van der Waals surface area (Å²) in [6, 6.07) is 4.63. The van der Waals surface area contributed by atoms with Gasteiger partial charge in [-0.25, -0.2) is 13.2 Å². The number of ether oxygens (including phenoxy) is 1. The molecule has 130 valence electrons. The molecule has 8 heteroatoms. The number of hydrogen-bond acceptors (Lipinski definition) is 4. The summed E-state index contributed by atoms with van der Waals surface area (Å²) in [4.78, 5) is 25.0. The molecule has 0 aliphatic carbocycles. The third-order valence-electron chi connectivity index (χ3n) is 3.98. The Balaban J connectivity index is 2.27. The van der Waals surface area contributed by atoms with Gasteiger partial charge in [-0.3, -0.25) is 9.59 Å². The second-order valence-corrected chi connectivity index (χ2v) is 5.47. The van der Waals surface area contributed by atoms with Gasteiger partial charge in [0.1, 0.15) is 29.1 Å². The summed E-state index contributed by atoms with van der Waals surface area (Å²) in [6.45, 7) is -0.397. The first kappa shape index (κ1) is 16.8. The van der Waals surface area contributed by atoms with Gasteiger partial charge in [-0.2, -0.15) is 0 Å². The van der Waals surface area contributed by atoms with Crippen LogP contribution in [0.4, 0.5) is 24.5 Å². The van der Waals surface area contributed by atoms with Crippen LogP contribution in [0.2, 0.25) is 0 Å². The number of carbonyl (C=O) groups is 2. The molecule has 1 unspecified atom stereocenters. The van der Waals surface area contributed by atoms with E-state index < -0.39 is 41.7 Å². The van der Waals surface area contributed by atoms with Crippen molar-refractivity contribution < 1.29 is 32.6 Å². The average Bonchev–Trinajstić information content (AvgIpc) is 2.55. The van der Waals surface area contributed by atoms with E-state index in [9.17, 15) is 27.9 Å². The standard InChI is InChI=1S/C17H12F3NO4/c1-25-14-6-9(19)4-10-15(14)21(7-11(16(10)22)17(23)24)13-3-2-8(18)5-12(13)20/h2-6,11H,7H2,1H3,(H,23,24). The van der Waals surface area contributed by atoms with E-state index in [0.29, 0.717) is 6.07 Å². The summed E-state index contributed by atoms with van der Waals surface area (Å²) in [6.07, 6.45) is 0. The Kier molecular flexibility index (Phi) is 4.12. The summed E-state index contributed by atoms with van der Waals surface area (Å²) in [5.74, 6) is -6.37. The van der Waals surface area contributed by atoms with Crippen molar-refractivity contribution in [2.24, 2.45) is 5.92 Å². The normalized spacial score (nSPS) is 16.6. The molecule has 0 radical (unpaired) electrons. The summed E-state index contributed by atoms with van der Waals surface area (Å²) < 4.78 is 46.3. The van der Waals surface area contributed by atoms with Crippen LogP contribution in [-0.2, 0) is 4.79 Å². The van der Waals surface area contributed by atoms with Gasteiger partial charge in [0.2, 0.25) is 0 Å². The van der Waals surface area contributed by atoms with Crippen LogP contribution in [0, 0.1) is 23.4 Å². The fraction of sp³-hybridized carbons (Fsp3) is 0.176. The summed E-state index contributed by atoms with van der Waals surface area (Å²) in [5, 5.41) is 9.28. The highest BCUT2D eigenvalue weighted by molar-refractivity contribution is 6.14. The molecule has 2 aromatic rings. The fourth-order valence-corrected chi connectivity index (χ4v) is 2.85. The average molecular weight is 351 g/mol. The molecule has 3 rings (SSSR count). The molecule has 0 saturated carbocycles. The van der Waals surface area contributed by atoms with Crippen molar-refractivity contribution in [3.63, 3.8) is 0 Å². The highest BCUT2D eigenvalue weighted by Crippen LogP contribution is 2.43. The number of ketones is 1. The number of methoxy groups -OCH3 is 1. The van der Waals surface area contributed by atoms with Gasteiger partial charge in [0.25, 0.3) is 0 Å². The zero-order valence-corrected chi connectivity index (χ0v) is 12.9. The number of carboxylic acid groups (broad SMARTS) is 1. The Morgan fingerprint density at radius 3 is 2.52 bits per heavy atom. The number of nitrogens with zero attached hydrogens (tertiary/aromatic N) is 1. The summed E-state index contributed by atoms with van der Waals surface area (Å²) in [7, 11) is 1.24. The minimum atomic E-state index is -1.52. The molecule has 0 amide bonds. The molecule has 1 N–H and O–H groups in total. The SMILES string of the molecule is COc1cc(F)cc2c1N(c1ccc(F)cc1F)CC(C(=O)O)C2=O. The molecule has 1 heterocycles. The lowest BCUT2D eigenvalue weighted by Gasteiger charge is -2.34. The zero-order valence-electron chi connectivity index (χ0n) is 12.9. The first-order valence-corrected chi connectivity index (χ1v) is 7.20. The van der Waals surface area contributed by atoms with E-state index in [1.807, 2.05) is 0 Å². The van der Waals surface area contributed by atoms with Crippen molar-refractivity contribution in [2.75, 3.05) is 18.6 Å². The van der Waals surface area contributed by atoms with E-state index in [2.05, 4.69) is 0 Å². The number of carboxylic acids is 1. The molecular weight excluding hydrogens is 339 g/mol. The minimum Gasteiger partial charge on any atom is -0.494 e. The van der Waals surface area contributed by atoms with Gasteiger partial charge < -0.3 is 14.7 Å². The number of fused-ring (bicyclic) bond motifs is 1. The lowest BCUT2D eigenvalue weighted by atomic mass is 9.90. The molecule has 2 aromatic carbocycles. The van der Waals surface area contributed by atoms with Crippen molar-refractivity contribution in [3.8, 4) is 5.75 Å². The monoisotopic (exact) mass is 351 g/mol. The van der Waals surface area contributed by atoms with E-state index in [-0.39, 0.29) is 22.7 Å². The molecule has 0 fully saturated rings. The number of rotatable bonds is 3. The summed E-state index contributed by atoms with van der Waals surface area (Å²) in [5.41, 5.74) is -0.345. The van der Waals surface area contributed by atoms with Crippen LogP contribution in [0.1, 0.15) is 10.4 Å². The molecule has 0 bridgehead atoms. The molecule has 5 nitrogen and oxygen atoms in total. The van der Waals surface area contributed by atoms with Crippen molar-refractivity contribution >= 4 is 23.1 Å². The molecular formula is C17H12F3NO4. The number of halogens is 3. The van der Waals surface area contributed by atoms with E-state index in [1.54, 1.807) is 0 Å². The topological polar surface area (TPSA) is 66.8 Å². The van der Waals surface area contributed by atoms with Crippen molar-refractivity contribution in [3.05, 3.63) is 53.3 Å². The predicted molar refractivity (Wildman–Crippen MR) is 81.8 cm³/mol. The number of carbonyl (C=O) groups excluding carboxylic acids is 1. The van der Waals surface area contributed by atoms with E-state index in [4.69, 9.17) is 4.74 Å². The van der Waals surface area contributed by atoms with Crippen molar-refractivity contribution in [1.29, 1.82) is 0 Å². The Bertz CT molecular complexity index is 884. The fourth-order valence-electron chi connectivity index (χ4n) is 2.85. The predicted octanol–water partition coefficient (Wildman–Crippen LogP) is 3.15. The van der Waals surface area contributed by atoms with Gasteiger partial charge in [0, 0.05) is 24.2 Å². The van der Waals surface area contributed by atoms with Crippen LogP contribution >= 0.6 is 0 Å². The van der Waals surface area contributed by atoms with E-state index in [0.717, 1.165) is 24.3 Å². The maximum Gasteiger partial charge on any atom is 0.316 e. The lowest BCUT2D eigenvalue weighted by Crippen LogP contribution is -2.41. The van der Waals surface area contributed by atoms with Crippen LogP contribution in [0.3, 0.4) is 0 Å². The van der Waals surface area contributed by atoms with Gasteiger partial charge in [-0.05, 0) is 18.2 Å². The molecule has 0 saturated heterocycles. The Morgan fingerprint density at radius 1 is 1.20 bits per heavy atom. The second kappa shape index (κ2) is 6.12. The molecule has 0 aromatic heterocycles. The smallest absolute Gasteiger partial charge is 0.316 e. The lowest BCUT2D eigenvalue weighted by molar-refractivity contribution is -0.139. The first-order valence-electron chi connectivity index (χ1n) is 7.20. The highest BCUT2D eigenvalue weighted by atomic mass is 19.1. The van der Waals surface area contributed by atoms with Gasteiger partial charge in [0.15, 0.2) is 5.78 Å². The number of anilines is 2. The Hall–Kier alpha value is -3.03. The van der Waals surface area contributed by atoms with Crippen LogP contribution in [0.15, 0.2) is 30.3 Å². The van der Waals surface area contributed by atoms with Gasteiger partial charge in [-0.1, -0.05) is 0 Å². The minimum absolute atomic E-state index is 0.0388. The molecule has 0 spiro atoms. The van der Waals surface area contributed by atoms with Crippen LogP contribution in [-0.4, -0.2) is 30.5 Å². The van der Waals surface area contributed by atoms with Gasteiger partial charge in [-0.15, -0.1) is 0 Å². The molecule has 25 heavy (non-hydrogen) atoms. The largest absolute Gasteiger partial charge is 0.494 e. The number of aliphatic carboxylic acids is 1. The van der Waals surface area contributed by atoms with Crippen LogP contribution in [0.5, 0.6) is 5.75 Å². The van der Waals surface area contributed by atoms with Crippen molar-refractivity contribution in [1.82, 2.24) is 0 Å². The van der Waals surface area contributed by atoms with Gasteiger partial charge >= 0.3 is 5.97 Å². The van der Waals surface area contributed by atoms with E-state index >= 15 is 0 Å². The maximum atomic E-state index is 14.2. The Labute approximate surface area is 140 Å². The third-order valence-corrected chi connectivity index (χ3v) is 3.98. The van der Waals surface area contributed by atoms with Crippen LogP contribution in [0.25, 0.3) is 0 Å². The molecule has 1 aliphatic heterocycles. The molecule has 1 atom stereocenters. The number of hydrogen-bond donors (Lipinski definition) is 1. The number of benzene rings is 2. The maximum absolute atomic E-state index is 14.2. The zero-order chi connectivity index (χ0) is 18.3. The quantitative estimate of drug-likeness (QED) is 0.861. The third kappa shape index (κ3) is 2.79. The Morgan fingerprint density at radius 2 is 1.92 bits per heavy atom. The molecule has 1 aliphatic rings. The van der Waals surface area contributed by atoms with Crippen LogP contribution < -0.4 is 9.64 Å². The van der Waals surface area contributed by atoms with Crippen molar-refractivity contribution in [2.45, 2.75) is 0 Å². The summed E-state index contributed by atoms with van der Waals surface area (Å²) >= 11 is 0. The number of Topliss-reactive ketones (excluding diaryl/α,β-unsaturated/α-hetero) is 1. The highest BCUT2D eigenvalue weighted by Gasteiger charge is 2.40. The first-order chi connectivity index (χ1) is 11.8. The second-order valence-electron chi connectivity index (χ2n) is 5.47. The van der Waals surface area contributed by atoms with E-state index in [1.165, 1.54) is 12.0 Å².